The molecule has 2 N–H and O–H groups in total. The van der Waals surface area contributed by atoms with E-state index in [0.717, 1.165) is 35.3 Å². The smallest absolute Gasteiger partial charge is 0.240 e. The number of hydrogen-bond donors (Lipinski definition) is 2. The lowest BCUT2D eigenvalue weighted by atomic mass is 9.89. The number of nitrogens with zero attached hydrogens (tertiary/aromatic N) is 1. The number of hydrogen-bond acceptors (Lipinski definition) is 6. The lowest BCUT2D eigenvalue weighted by molar-refractivity contribution is -0.276. The highest BCUT2D eigenvalue weighted by Crippen LogP contribution is 2.42. The topological polar surface area (TPSA) is 88.1 Å². The van der Waals surface area contributed by atoms with Crippen LogP contribution in [0.1, 0.15) is 67.3 Å². The Morgan fingerprint density at radius 2 is 1.57 bits per heavy atom. The fourth-order valence-corrected chi connectivity index (χ4v) is 7.06. The van der Waals surface area contributed by atoms with E-state index in [1.807, 2.05) is 54.6 Å². The first-order chi connectivity index (χ1) is 20.4. The van der Waals surface area contributed by atoms with Gasteiger partial charge in [-0.25, -0.2) is 13.1 Å². The van der Waals surface area contributed by atoms with Crippen molar-refractivity contribution in [2.45, 2.75) is 75.2 Å². The largest absolute Gasteiger partial charge is 0.392 e. The molecule has 1 heterocycles. The van der Waals surface area contributed by atoms with E-state index in [1.165, 1.54) is 25.7 Å². The van der Waals surface area contributed by atoms with Gasteiger partial charge in [-0.15, -0.1) is 6.58 Å². The molecule has 1 saturated carbocycles. The SMILES string of the molecule is C=CCN(C[C@H]1O[C@@H](c2ccc(CNS(=O)(=O)c3ccccc3)cc2)O[C@@H](c2ccc(CO)cc2)[C@H]1C)C1CCCC1. The molecule has 4 atom stereocenters. The fourth-order valence-electron chi connectivity index (χ4n) is 6.02. The van der Waals surface area contributed by atoms with Crippen molar-refractivity contribution in [2.75, 3.05) is 13.1 Å². The lowest BCUT2D eigenvalue weighted by Crippen LogP contribution is -2.47. The first-order valence-electron chi connectivity index (χ1n) is 14.9. The third kappa shape index (κ3) is 7.37. The molecular weight excluding hydrogens is 548 g/mol. The number of nitrogens with one attached hydrogen (secondary N) is 1. The molecule has 2 aliphatic rings. The zero-order chi connectivity index (χ0) is 29.5. The minimum absolute atomic E-state index is 0.00146. The number of sulfonamides is 1. The summed E-state index contributed by atoms with van der Waals surface area (Å²) in [6.07, 6.45) is 6.09. The highest BCUT2D eigenvalue weighted by atomic mass is 32.2. The Balaban J connectivity index is 1.34. The summed E-state index contributed by atoms with van der Waals surface area (Å²) >= 11 is 0. The van der Waals surface area contributed by atoms with Crippen molar-refractivity contribution in [3.05, 3.63) is 114 Å². The van der Waals surface area contributed by atoms with Gasteiger partial charge in [-0.2, -0.15) is 0 Å². The van der Waals surface area contributed by atoms with Gasteiger partial charge in [-0.05, 0) is 41.7 Å². The van der Waals surface area contributed by atoms with Crippen LogP contribution in [-0.4, -0.2) is 43.7 Å². The fraction of sp³-hybridized carbons (Fsp3) is 0.412. The average Bonchev–Trinajstić information content (AvgIpc) is 3.57. The van der Waals surface area contributed by atoms with Crippen LogP contribution in [0.4, 0.5) is 0 Å². The van der Waals surface area contributed by atoms with Crippen molar-refractivity contribution in [3.8, 4) is 0 Å². The van der Waals surface area contributed by atoms with E-state index in [-0.39, 0.29) is 36.2 Å². The van der Waals surface area contributed by atoms with Crippen molar-refractivity contribution in [2.24, 2.45) is 5.92 Å². The van der Waals surface area contributed by atoms with Crippen molar-refractivity contribution >= 4 is 10.0 Å². The lowest BCUT2D eigenvalue weighted by Gasteiger charge is -2.43. The zero-order valence-corrected chi connectivity index (χ0v) is 25.1. The second kappa shape index (κ2) is 14.1. The van der Waals surface area contributed by atoms with Crippen LogP contribution in [-0.2, 0) is 32.6 Å². The van der Waals surface area contributed by atoms with Gasteiger partial charge in [0.05, 0.1) is 23.7 Å². The summed E-state index contributed by atoms with van der Waals surface area (Å²) in [4.78, 5) is 2.75. The summed E-state index contributed by atoms with van der Waals surface area (Å²) in [6, 6.07) is 24.6. The minimum atomic E-state index is -3.60. The van der Waals surface area contributed by atoms with E-state index in [1.54, 1.807) is 30.3 Å². The normalized spacial score (nSPS) is 23.3. The third-order valence-corrected chi connectivity index (χ3v) is 9.93. The quantitative estimate of drug-likeness (QED) is 0.256. The molecule has 0 unspecified atom stereocenters. The van der Waals surface area contributed by atoms with E-state index >= 15 is 0 Å². The van der Waals surface area contributed by atoms with Crippen LogP contribution in [0.5, 0.6) is 0 Å². The standard InChI is InChI=1S/C34H42N2O5S/c1-3-21-36(30-9-7-8-10-30)23-32-25(2)33(28-17-15-27(24-37)16-18-28)41-34(40-32)29-19-13-26(14-20-29)22-35-42(38,39)31-11-5-4-6-12-31/h3-6,11-20,25,30,32-35,37H,1,7-10,21-24H2,2H3/t25-,32+,33+,34+/m0/s1. The Morgan fingerprint density at radius 1 is 0.929 bits per heavy atom. The Kier molecular flexibility index (Phi) is 10.3. The molecule has 42 heavy (non-hydrogen) atoms. The number of rotatable bonds is 12. The van der Waals surface area contributed by atoms with Gasteiger partial charge in [-0.3, -0.25) is 4.90 Å². The van der Waals surface area contributed by atoms with Gasteiger partial charge in [0.15, 0.2) is 6.29 Å². The van der Waals surface area contributed by atoms with Gasteiger partial charge >= 0.3 is 0 Å². The van der Waals surface area contributed by atoms with Gasteiger partial charge in [0.25, 0.3) is 0 Å². The Morgan fingerprint density at radius 3 is 2.21 bits per heavy atom. The van der Waals surface area contributed by atoms with E-state index in [9.17, 15) is 13.5 Å². The van der Waals surface area contributed by atoms with Gasteiger partial charge in [0.2, 0.25) is 10.0 Å². The molecule has 1 aliphatic heterocycles. The van der Waals surface area contributed by atoms with E-state index in [0.29, 0.717) is 6.04 Å². The number of benzene rings is 3. The van der Waals surface area contributed by atoms with E-state index in [4.69, 9.17) is 9.47 Å². The highest BCUT2D eigenvalue weighted by Gasteiger charge is 2.40. The Bertz CT molecular complexity index is 1390. The molecule has 0 radical (unpaired) electrons. The summed E-state index contributed by atoms with van der Waals surface area (Å²) in [5.74, 6) is 0.0987. The van der Waals surface area contributed by atoms with Gasteiger partial charge < -0.3 is 14.6 Å². The Hall–Kier alpha value is -2.85. The summed E-state index contributed by atoms with van der Waals surface area (Å²) in [5.41, 5.74) is 3.65. The van der Waals surface area contributed by atoms with Crippen LogP contribution < -0.4 is 4.72 Å². The molecule has 0 aromatic heterocycles. The summed E-state index contributed by atoms with van der Waals surface area (Å²) < 4.78 is 41.3. The minimum Gasteiger partial charge on any atom is -0.392 e. The highest BCUT2D eigenvalue weighted by molar-refractivity contribution is 7.89. The second-order valence-corrected chi connectivity index (χ2v) is 13.1. The summed E-state index contributed by atoms with van der Waals surface area (Å²) in [5, 5.41) is 9.54. The summed E-state index contributed by atoms with van der Waals surface area (Å²) in [6.45, 7) is 8.00. The molecule has 2 fully saturated rings. The first-order valence-corrected chi connectivity index (χ1v) is 16.4. The molecule has 0 bridgehead atoms. The molecular formula is C34H42N2O5S. The Labute approximate surface area is 250 Å². The first kappa shape index (κ1) is 30.6. The molecule has 0 spiro atoms. The summed E-state index contributed by atoms with van der Waals surface area (Å²) in [7, 11) is -3.60. The maximum absolute atomic E-state index is 12.7. The van der Waals surface area contributed by atoms with Crippen LogP contribution >= 0.6 is 0 Å². The molecule has 3 aromatic carbocycles. The van der Waals surface area contributed by atoms with E-state index in [2.05, 4.69) is 23.1 Å². The molecule has 5 rings (SSSR count). The van der Waals surface area contributed by atoms with Crippen LogP contribution in [0.2, 0.25) is 0 Å². The van der Waals surface area contributed by atoms with Crippen LogP contribution in [0.25, 0.3) is 0 Å². The maximum atomic E-state index is 12.7. The van der Waals surface area contributed by atoms with E-state index < -0.39 is 16.3 Å². The number of ether oxygens (including phenoxy) is 2. The monoisotopic (exact) mass is 590 g/mol. The molecule has 224 valence electrons. The third-order valence-electron chi connectivity index (χ3n) is 8.51. The van der Waals surface area contributed by atoms with Crippen molar-refractivity contribution in [1.82, 2.24) is 9.62 Å². The van der Waals surface area contributed by atoms with Crippen LogP contribution in [0.15, 0.2) is 96.4 Å². The number of aliphatic hydroxyl groups is 1. The van der Waals surface area contributed by atoms with Crippen molar-refractivity contribution in [3.63, 3.8) is 0 Å². The van der Waals surface area contributed by atoms with Gasteiger partial charge in [0, 0.05) is 37.2 Å². The predicted molar refractivity (Wildman–Crippen MR) is 164 cm³/mol. The molecule has 1 saturated heterocycles. The van der Waals surface area contributed by atoms with Gasteiger partial charge in [-0.1, -0.05) is 92.6 Å². The molecule has 7 nitrogen and oxygen atoms in total. The predicted octanol–water partition coefficient (Wildman–Crippen LogP) is 5.88. The van der Waals surface area contributed by atoms with Crippen molar-refractivity contribution in [1.29, 1.82) is 0 Å². The van der Waals surface area contributed by atoms with Crippen LogP contribution in [0.3, 0.4) is 0 Å². The van der Waals surface area contributed by atoms with Gasteiger partial charge in [0.1, 0.15) is 0 Å². The average molecular weight is 591 g/mol. The van der Waals surface area contributed by atoms with Crippen molar-refractivity contribution < 1.29 is 23.0 Å². The molecule has 0 amide bonds. The molecule has 8 heteroatoms. The number of aliphatic hydroxyl groups excluding tert-OH is 1. The van der Waals surface area contributed by atoms with Crippen LogP contribution in [0, 0.1) is 5.92 Å². The maximum Gasteiger partial charge on any atom is 0.240 e. The molecule has 1 aliphatic carbocycles. The molecule has 3 aromatic rings. The zero-order valence-electron chi connectivity index (χ0n) is 24.3. The second-order valence-electron chi connectivity index (χ2n) is 11.4.